The number of nitrogens with zero attached hydrogens (tertiary/aromatic N) is 3. The van der Waals surface area contributed by atoms with E-state index in [1.807, 2.05) is 54.6 Å². The summed E-state index contributed by atoms with van der Waals surface area (Å²) >= 11 is 0. The molecular weight excluding hydrogens is 430 g/mol. The third-order valence-corrected chi connectivity index (χ3v) is 4.54. The number of ether oxygens (including phenoxy) is 3. The van der Waals surface area contributed by atoms with E-state index in [1.165, 1.54) is 6.33 Å². The van der Waals surface area contributed by atoms with Gasteiger partial charge in [-0.25, -0.2) is 9.97 Å². The van der Waals surface area contributed by atoms with E-state index in [2.05, 4.69) is 20.3 Å². The first-order valence-electron chi connectivity index (χ1n) is 9.78. The fraction of sp³-hybridized carbons (Fsp3) is 0.174. The number of rotatable bonds is 9. The first-order valence-corrected chi connectivity index (χ1v) is 9.78. The summed E-state index contributed by atoms with van der Waals surface area (Å²) in [5.41, 5.74) is 9.15. The summed E-state index contributed by atoms with van der Waals surface area (Å²) in [7, 11) is 1.62. The van der Waals surface area contributed by atoms with E-state index in [0.717, 1.165) is 28.0 Å². The lowest BCUT2D eigenvalue weighted by Gasteiger charge is -2.13. The molecule has 0 fully saturated rings. The standard InChI is InChI=1S/C23H23N5O3.ClH/c1-29-10-11-30-22-13-21-19(12-20(22)24)23(27-15-26-21)28-16-5-7-18(8-6-16)31-14-17-4-2-3-9-25-17;/h2-9,12-13,15H,10-11,14,24H2,1H3,(H,26,27,28);1H. The molecule has 3 N–H and O–H groups in total. The van der Waals surface area contributed by atoms with E-state index in [1.54, 1.807) is 13.3 Å². The molecule has 0 unspecified atom stereocenters. The zero-order valence-corrected chi connectivity index (χ0v) is 18.3. The van der Waals surface area contributed by atoms with Crippen molar-refractivity contribution in [2.45, 2.75) is 6.61 Å². The summed E-state index contributed by atoms with van der Waals surface area (Å²) in [5, 5.41) is 4.11. The van der Waals surface area contributed by atoms with Crippen LogP contribution in [0.3, 0.4) is 0 Å². The molecule has 0 radical (unpaired) electrons. The Balaban J connectivity index is 0.00000289. The van der Waals surface area contributed by atoms with E-state index in [-0.39, 0.29) is 12.4 Å². The molecular formula is C23H24ClN5O3. The molecule has 0 aliphatic heterocycles. The molecule has 0 bridgehead atoms. The van der Waals surface area contributed by atoms with Crippen LogP contribution < -0.4 is 20.5 Å². The normalized spacial score (nSPS) is 10.4. The van der Waals surface area contributed by atoms with Crippen LogP contribution in [0.1, 0.15) is 5.69 Å². The van der Waals surface area contributed by atoms with Crippen molar-refractivity contribution >= 4 is 40.5 Å². The molecule has 2 heterocycles. The molecule has 2 aromatic heterocycles. The number of nitrogens with two attached hydrogens (primary N) is 1. The van der Waals surface area contributed by atoms with Crippen molar-refractivity contribution in [1.82, 2.24) is 15.0 Å². The van der Waals surface area contributed by atoms with Crippen molar-refractivity contribution in [2.75, 3.05) is 31.4 Å². The molecule has 0 atom stereocenters. The van der Waals surface area contributed by atoms with E-state index < -0.39 is 0 Å². The predicted molar refractivity (Wildman–Crippen MR) is 127 cm³/mol. The van der Waals surface area contributed by atoms with Gasteiger partial charge in [0, 0.05) is 30.4 Å². The van der Waals surface area contributed by atoms with Gasteiger partial charge in [-0.1, -0.05) is 6.07 Å². The number of nitrogen functional groups attached to an aromatic ring is 1. The van der Waals surface area contributed by atoms with Crippen molar-refractivity contribution in [1.29, 1.82) is 0 Å². The van der Waals surface area contributed by atoms with E-state index in [9.17, 15) is 0 Å². The Morgan fingerprint density at radius 3 is 2.53 bits per heavy atom. The van der Waals surface area contributed by atoms with E-state index in [4.69, 9.17) is 19.9 Å². The Labute approximate surface area is 192 Å². The number of aromatic nitrogens is 3. The minimum absolute atomic E-state index is 0. The van der Waals surface area contributed by atoms with Crippen molar-refractivity contribution in [2.24, 2.45) is 0 Å². The van der Waals surface area contributed by atoms with E-state index >= 15 is 0 Å². The number of methoxy groups -OCH3 is 1. The summed E-state index contributed by atoms with van der Waals surface area (Å²) in [6.07, 6.45) is 3.25. The lowest BCUT2D eigenvalue weighted by atomic mass is 10.2. The monoisotopic (exact) mass is 453 g/mol. The van der Waals surface area contributed by atoms with Crippen LogP contribution in [0, 0.1) is 0 Å². The number of hydrogen-bond donors (Lipinski definition) is 2. The third-order valence-electron chi connectivity index (χ3n) is 4.54. The highest BCUT2D eigenvalue weighted by molar-refractivity contribution is 5.94. The van der Waals surface area contributed by atoms with Gasteiger partial charge in [0.15, 0.2) is 0 Å². The molecule has 8 nitrogen and oxygen atoms in total. The van der Waals surface area contributed by atoms with Gasteiger partial charge >= 0.3 is 0 Å². The van der Waals surface area contributed by atoms with Gasteiger partial charge in [0.1, 0.15) is 36.9 Å². The molecule has 32 heavy (non-hydrogen) atoms. The predicted octanol–water partition coefficient (Wildman–Crippen LogP) is 4.38. The first-order chi connectivity index (χ1) is 15.2. The van der Waals surface area contributed by atoms with Gasteiger partial charge in [-0.15, -0.1) is 12.4 Å². The summed E-state index contributed by atoms with van der Waals surface area (Å²) < 4.78 is 16.5. The fourth-order valence-electron chi connectivity index (χ4n) is 2.97. The van der Waals surface area contributed by atoms with Crippen LogP contribution in [-0.2, 0) is 11.3 Å². The Morgan fingerprint density at radius 2 is 1.78 bits per heavy atom. The number of nitrogens with one attached hydrogen (secondary N) is 1. The Hall–Kier alpha value is -3.62. The van der Waals surface area contributed by atoms with Crippen LogP contribution in [0.15, 0.2) is 67.1 Å². The van der Waals surface area contributed by atoms with Crippen molar-refractivity contribution in [3.05, 3.63) is 72.8 Å². The molecule has 4 aromatic rings. The van der Waals surface area contributed by atoms with Gasteiger partial charge in [-0.05, 0) is 42.5 Å². The average molecular weight is 454 g/mol. The highest BCUT2D eigenvalue weighted by Gasteiger charge is 2.10. The second kappa shape index (κ2) is 11.1. The maximum atomic E-state index is 6.16. The van der Waals surface area contributed by atoms with Crippen LogP contribution in [-0.4, -0.2) is 35.3 Å². The third kappa shape index (κ3) is 5.75. The van der Waals surface area contributed by atoms with Crippen molar-refractivity contribution in [3.8, 4) is 11.5 Å². The van der Waals surface area contributed by atoms with Crippen LogP contribution in [0.5, 0.6) is 11.5 Å². The van der Waals surface area contributed by atoms with Crippen molar-refractivity contribution < 1.29 is 14.2 Å². The summed E-state index contributed by atoms with van der Waals surface area (Å²) in [4.78, 5) is 13.0. The van der Waals surface area contributed by atoms with E-state index in [0.29, 0.717) is 37.1 Å². The molecule has 0 saturated heterocycles. The highest BCUT2D eigenvalue weighted by Crippen LogP contribution is 2.31. The van der Waals surface area contributed by atoms with Crippen LogP contribution in [0.4, 0.5) is 17.2 Å². The molecule has 0 spiro atoms. The van der Waals surface area contributed by atoms with Crippen LogP contribution in [0.25, 0.3) is 10.9 Å². The zero-order valence-electron chi connectivity index (χ0n) is 17.5. The second-order valence-corrected chi connectivity index (χ2v) is 6.73. The number of benzene rings is 2. The van der Waals surface area contributed by atoms with Gasteiger partial charge in [0.05, 0.1) is 23.5 Å². The molecule has 0 saturated carbocycles. The van der Waals surface area contributed by atoms with Gasteiger partial charge < -0.3 is 25.3 Å². The Bertz CT molecular complexity index is 1140. The Morgan fingerprint density at radius 1 is 0.938 bits per heavy atom. The van der Waals surface area contributed by atoms with Crippen LogP contribution >= 0.6 is 12.4 Å². The van der Waals surface area contributed by atoms with Crippen molar-refractivity contribution in [3.63, 3.8) is 0 Å². The summed E-state index contributed by atoms with van der Waals surface area (Å²) in [5.74, 6) is 1.98. The quantitative estimate of drug-likeness (QED) is 0.284. The lowest BCUT2D eigenvalue weighted by Crippen LogP contribution is -2.06. The number of halogens is 1. The number of hydrogen-bond acceptors (Lipinski definition) is 8. The average Bonchev–Trinajstić information content (AvgIpc) is 2.80. The Kier molecular flexibility index (Phi) is 8.02. The second-order valence-electron chi connectivity index (χ2n) is 6.73. The topological polar surface area (TPSA) is 104 Å². The first kappa shape index (κ1) is 23.1. The summed E-state index contributed by atoms with van der Waals surface area (Å²) in [6, 6.07) is 17.0. The van der Waals surface area contributed by atoms with Gasteiger partial charge in [-0.2, -0.15) is 0 Å². The molecule has 0 aliphatic carbocycles. The molecule has 2 aromatic carbocycles. The lowest BCUT2D eigenvalue weighted by molar-refractivity contribution is 0.147. The fourth-order valence-corrected chi connectivity index (χ4v) is 2.97. The number of fused-ring (bicyclic) bond motifs is 1. The van der Waals surface area contributed by atoms with Gasteiger partial charge in [-0.3, -0.25) is 4.98 Å². The van der Waals surface area contributed by atoms with Gasteiger partial charge in [0.2, 0.25) is 0 Å². The van der Waals surface area contributed by atoms with Crippen LogP contribution in [0.2, 0.25) is 0 Å². The number of pyridine rings is 1. The number of anilines is 3. The molecule has 4 rings (SSSR count). The maximum absolute atomic E-state index is 6.16. The minimum atomic E-state index is 0. The molecule has 9 heteroatoms. The summed E-state index contributed by atoms with van der Waals surface area (Å²) in [6.45, 7) is 1.31. The molecule has 0 amide bonds. The minimum Gasteiger partial charge on any atom is -0.489 e. The smallest absolute Gasteiger partial charge is 0.144 e. The SMILES string of the molecule is COCCOc1cc2ncnc(Nc3ccc(OCc4ccccn4)cc3)c2cc1N.Cl. The highest BCUT2D eigenvalue weighted by atomic mass is 35.5. The zero-order chi connectivity index (χ0) is 21.5. The molecule has 166 valence electrons. The molecule has 0 aliphatic rings. The maximum Gasteiger partial charge on any atom is 0.144 e. The largest absolute Gasteiger partial charge is 0.489 e. The van der Waals surface area contributed by atoms with Gasteiger partial charge in [0.25, 0.3) is 0 Å².